The summed E-state index contributed by atoms with van der Waals surface area (Å²) in [5.41, 5.74) is 4.91. The number of nitrogens with two attached hydrogens (primary N) is 1. The molecule has 0 aliphatic heterocycles. The number of nitrogens with one attached hydrogen (secondary N) is 1. The van der Waals surface area contributed by atoms with Gasteiger partial charge in [-0.15, -0.1) is 0 Å². The molecule has 78 valence electrons. The van der Waals surface area contributed by atoms with Crippen LogP contribution < -0.4 is 11.1 Å². The summed E-state index contributed by atoms with van der Waals surface area (Å²) in [5, 5.41) is 3.02. The molecule has 0 aliphatic carbocycles. The van der Waals surface area contributed by atoms with Crippen LogP contribution in [0.2, 0.25) is 0 Å². The Bertz CT molecular complexity index is 169. The largest absolute Gasteiger partial charge is 0.379 e. The Kier molecular flexibility index (Phi) is 4.95. The lowest BCUT2D eigenvalue weighted by atomic mass is 9.98. The van der Waals surface area contributed by atoms with E-state index in [9.17, 15) is 4.79 Å². The molecule has 0 saturated heterocycles. The van der Waals surface area contributed by atoms with Gasteiger partial charge in [0.15, 0.2) is 0 Å². The maximum atomic E-state index is 11.0. The molecule has 4 nitrogen and oxygen atoms in total. The van der Waals surface area contributed by atoms with Crippen LogP contribution in [0.3, 0.4) is 0 Å². The zero-order valence-corrected chi connectivity index (χ0v) is 8.89. The molecule has 0 spiro atoms. The first-order valence-corrected chi connectivity index (χ1v) is 4.50. The molecule has 1 atom stereocenters. The van der Waals surface area contributed by atoms with Crippen LogP contribution in [0.1, 0.15) is 27.2 Å². The van der Waals surface area contributed by atoms with Gasteiger partial charge in [0.05, 0.1) is 11.6 Å². The third-order valence-electron chi connectivity index (χ3n) is 2.04. The fourth-order valence-electron chi connectivity index (χ4n) is 1.09. The summed E-state index contributed by atoms with van der Waals surface area (Å²) in [4.78, 5) is 11.0. The zero-order valence-electron chi connectivity index (χ0n) is 8.89. The Hall–Kier alpha value is -0.610. The number of ether oxygens (including phenoxy) is 1. The summed E-state index contributed by atoms with van der Waals surface area (Å²) >= 11 is 0. The summed E-state index contributed by atoms with van der Waals surface area (Å²) in [6.45, 7) is 6.53. The minimum absolute atomic E-state index is 0.306. The predicted octanol–water partition coefficient (Wildman–Crippen LogP) is 0.265. The molecule has 0 aromatic heterocycles. The Labute approximate surface area is 79.8 Å². The van der Waals surface area contributed by atoms with Crippen molar-refractivity contribution < 1.29 is 9.53 Å². The van der Waals surface area contributed by atoms with Crippen molar-refractivity contribution in [3.05, 3.63) is 0 Å². The molecule has 0 bridgehead atoms. The molecular formula is C9H20N2O2. The number of rotatable bonds is 6. The van der Waals surface area contributed by atoms with E-state index >= 15 is 0 Å². The van der Waals surface area contributed by atoms with Crippen molar-refractivity contribution in [3.63, 3.8) is 0 Å². The van der Waals surface area contributed by atoms with Crippen molar-refractivity contribution in [2.24, 2.45) is 5.73 Å². The van der Waals surface area contributed by atoms with E-state index in [0.29, 0.717) is 6.42 Å². The number of amides is 1. The van der Waals surface area contributed by atoms with E-state index < -0.39 is 0 Å². The van der Waals surface area contributed by atoms with Gasteiger partial charge in [-0.2, -0.15) is 0 Å². The van der Waals surface area contributed by atoms with Gasteiger partial charge in [-0.1, -0.05) is 6.92 Å². The summed E-state index contributed by atoms with van der Waals surface area (Å²) in [7, 11) is 1.63. The van der Waals surface area contributed by atoms with E-state index in [1.54, 1.807) is 7.11 Å². The number of carbonyl (C=O) groups is 1. The van der Waals surface area contributed by atoms with Crippen LogP contribution in [0.5, 0.6) is 0 Å². The number of likely N-dealkylation sites (N-methyl/N-ethyl adjacent to an activating group) is 1. The normalized spacial score (nSPS) is 14.2. The number of primary amides is 1. The van der Waals surface area contributed by atoms with Gasteiger partial charge in [-0.05, 0) is 20.4 Å². The molecule has 4 heteroatoms. The lowest BCUT2D eigenvalue weighted by molar-refractivity contribution is -0.121. The average Bonchev–Trinajstić information content (AvgIpc) is 2.03. The minimum Gasteiger partial charge on any atom is -0.379 e. The molecule has 0 aliphatic rings. The Morgan fingerprint density at radius 2 is 2.15 bits per heavy atom. The van der Waals surface area contributed by atoms with Crippen LogP contribution in [0.25, 0.3) is 0 Å². The molecule has 0 saturated carbocycles. The number of hydrogen-bond acceptors (Lipinski definition) is 3. The third-order valence-corrected chi connectivity index (χ3v) is 2.04. The quantitative estimate of drug-likeness (QED) is 0.628. The monoisotopic (exact) mass is 188 g/mol. The highest BCUT2D eigenvalue weighted by Gasteiger charge is 2.25. The smallest absolute Gasteiger partial charge is 0.234 e. The highest BCUT2D eigenvalue weighted by Crippen LogP contribution is 2.15. The number of hydrogen-bond donors (Lipinski definition) is 2. The second-order valence-corrected chi connectivity index (χ2v) is 3.68. The Balaban J connectivity index is 4.17. The number of methoxy groups -OCH3 is 1. The van der Waals surface area contributed by atoms with Crippen molar-refractivity contribution in [3.8, 4) is 0 Å². The van der Waals surface area contributed by atoms with Crippen molar-refractivity contribution in [1.82, 2.24) is 5.32 Å². The van der Waals surface area contributed by atoms with E-state index in [1.165, 1.54) is 0 Å². The van der Waals surface area contributed by atoms with E-state index in [4.69, 9.17) is 10.5 Å². The lowest BCUT2D eigenvalue weighted by Gasteiger charge is -2.27. The fraction of sp³-hybridized carbons (Fsp3) is 0.889. The SMILES string of the molecule is CCNC(CC(C)(C)OC)C(N)=O. The first kappa shape index (κ1) is 12.4. The van der Waals surface area contributed by atoms with Crippen molar-refractivity contribution in [2.75, 3.05) is 13.7 Å². The van der Waals surface area contributed by atoms with Gasteiger partial charge in [0.1, 0.15) is 0 Å². The van der Waals surface area contributed by atoms with E-state index in [-0.39, 0.29) is 17.6 Å². The Morgan fingerprint density at radius 3 is 2.46 bits per heavy atom. The van der Waals surface area contributed by atoms with Crippen molar-refractivity contribution >= 4 is 5.91 Å². The first-order chi connectivity index (χ1) is 5.93. The van der Waals surface area contributed by atoms with Crippen LogP contribution >= 0.6 is 0 Å². The Morgan fingerprint density at radius 1 is 1.62 bits per heavy atom. The van der Waals surface area contributed by atoms with Crippen LogP contribution in [0, 0.1) is 0 Å². The number of carbonyl (C=O) groups excluding carboxylic acids is 1. The summed E-state index contributed by atoms with van der Waals surface area (Å²) in [6, 6.07) is -0.306. The van der Waals surface area contributed by atoms with Crippen LogP contribution in [0.15, 0.2) is 0 Å². The molecule has 0 radical (unpaired) electrons. The van der Waals surface area contributed by atoms with Gasteiger partial charge in [0.2, 0.25) is 5.91 Å². The topological polar surface area (TPSA) is 64.3 Å². The highest BCUT2D eigenvalue weighted by molar-refractivity contribution is 5.79. The molecule has 0 aromatic rings. The van der Waals surface area contributed by atoms with Gasteiger partial charge >= 0.3 is 0 Å². The molecule has 0 heterocycles. The lowest BCUT2D eigenvalue weighted by Crippen LogP contribution is -2.46. The van der Waals surface area contributed by atoms with Crippen LogP contribution in [0.4, 0.5) is 0 Å². The van der Waals surface area contributed by atoms with E-state index in [1.807, 2.05) is 20.8 Å². The molecule has 1 unspecified atom stereocenters. The first-order valence-electron chi connectivity index (χ1n) is 4.50. The fourth-order valence-corrected chi connectivity index (χ4v) is 1.09. The van der Waals surface area contributed by atoms with E-state index in [0.717, 1.165) is 6.54 Å². The van der Waals surface area contributed by atoms with Gasteiger partial charge in [0, 0.05) is 13.5 Å². The van der Waals surface area contributed by atoms with Gasteiger partial charge in [-0.25, -0.2) is 0 Å². The van der Waals surface area contributed by atoms with Gasteiger partial charge in [-0.3, -0.25) is 4.79 Å². The predicted molar refractivity (Wildman–Crippen MR) is 52.4 cm³/mol. The average molecular weight is 188 g/mol. The molecule has 1 amide bonds. The van der Waals surface area contributed by atoms with Crippen molar-refractivity contribution in [1.29, 1.82) is 0 Å². The minimum atomic E-state index is -0.327. The molecule has 0 fully saturated rings. The summed E-state index contributed by atoms with van der Waals surface area (Å²) in [6.07, 6.45) is 0.590. The molecule has 3 N–H and O–H groups in total. The zero-order chi connectivity index (χ0) is 10.5. The maximum absolute atomic E-state index is 11.0. The molecular weight excluding hydrogens is 168 g/mol. The summed E-state index contributed by atoms with van der Waals surface area (Å²) < 4.78 is 5.22. The van der Waals surface area contributed by atoms with Crippen molar-refractivity contribution in [2.45, 2.75) is 38.8 Å². The maximum Gasteiger partial charge on any atom is 0.234 e. The van der Waals surface area contributed by atoms with Gasteiger partial charge in [0.25, 0.3) is 0 Å². The van der Waals surface area contributed by atoms with Gasteiger partial charge < -0.3 is 15.8 Å². The molecule has 0 aromatic carbocycles. The molecule has 0 rings (SSSR count). The van der Waals surface area contributed by atoms with Crippen LogP contribution in [-0.2, 0) is 9.53 Å². The van der Waals surface area contributed by atoms with E-state index in [2.05, 4.69) is 5.32 Å². The highest BCUT2D eigenvalue weighted by atomic mass is 16.5. The second-order valence-electron chi connectivity index (χ2n) is 3.68. The third kappa shape index (κ3) is 4.85. The summed E-state index contributed by atoms with van der Waals surface area (Å²) in [5.74, 6) is -0.327. The second kappa shape index (κ2) is 5.19. The standard InChI is InChI=1S/C9H20N2O2/c1-5-11-7(8(10)12)6-9(2,3)13-4/h7,11H,5-6H2,1-4H3,(H2,10,12). The molecule has 13 heavy (non-hydrogen) atoms. The van der Waals surface area contributed by atoms with Crippen LogP contribution in [-0.4, -0.2) is 31.2 Å².